The lowest BCUT2D eigenvalue weighted by Gasteiger charge is -2.01. The van der Waals surface area contributed by atoms with Gasteiger partial charge in [-0.1, -0.05) is 35.0 Å². The summed E-state index contributed by atoms with van der Waals surface area (Å²) < 4.78 is 0. The van der Waals surface area contributed by atoms with Gasteiger partial charge >= 0.3 is 0 Å². The van der Waals surface area contributed by atoms with Gasteiger partial charge in [0.1, 0.15) is 10.6 Å². The summed E-state index contributed by atoms with van der Waals surface area (Å²) in [5, 5.41) is 4.01. The lowest BCUT2D eigenvalue weighted by Crippen LogP contribution is -1.95. The Morgan fingerprint density at radius 3 is 3.12 bits per heavy atom. The molecule has 0 aromatic carbocycles. The summed E-state index contributed by atoms with van der Waals surface area (Å²) in [4.78, 5) is 9.44. The van der Waals surface area contributed by atoms with Crippen LogP contribution < -0.4 is 5.73 Å². The second-order valence-corrected chi connectivity index (χ2v) is 5.42. The number of thioether (sulfide) groups is 1. The maximum atomic E-state index is 5.81. The summed E-state index contributed by atoms with van der Waals surface area (Å²) >= 11 is 14.2. The van der Waals surface area contributed by atoms with Crippen LogP contribution >= 0.6 is 46.3 Å². The Morgan fingerprint density at radius 1 is 1.56 bits per heavy atom. The van der Waals surface area contributed by atoms with E-state index in [1.807, 2.05) is 11.4 Å². The smallest absolute Gasteiger partial charge is 0.191 e. The fraction of sp³-hybridized carbons (Fsp3) is 0.111. The van der Waals surface area contributed by atoms with Gasteiger partial charge in [0.05, 0.1) is 5.39 Å². The van der Waals surface area contributed by atoms with Crippen molar-refractivity contribution >= 4 is 62.3 Å². The molecule has 0 unspecified atom stereocenters. The zero-order chi connectivity index (χ0) is 11.5. The molecule has 2 heterocycles. The number of nitrogens with two attached hydrogens (primary N) is 1. The van der Waals surface area contributed by atoms with Gasteiger partial charge in [0.2, 0.25) is 0 Å². The molecule has 7 heteroatoms. The highest BCUT2D eigenvalue weighted by atomic mass is 35.5. The van der Waals surface area contributed by atoms with Gasteiger partial charge in [0.15, 0.2) is 5.16 Å². The largest absolute Gasteiger partial charge is 0.383 e. The Balaban J connectivity index is 2.25. The number of fused-ring (bicyclic) bond motifs is 1. The fourth-order valence-corrected chi connectivity index (χ4v) is 2.92. The number of nitrogens with zero attached hydrogens (tertiary/aromatic N) is 2. The van der Waals surface area contributed by atoms with E-state index >= 15 is 0 Å². The molecule has 0 radical (unpaired) electrons. The summed E-state index contributed by atoms with van der Waals surface area (Å²) in [7, 11) is 0. The van der Waals surface area contributed by atoms with Gasteiger partial charge in [0, 0.05) is 16.3 Å². The van der Waals surface area contributed by atoms with E-state index in [-0.39, 0.29) is 0 Å². The van der Waals surface area contributed by atoms with Crippen molar-refractivity contribution in [2.75, 3.05) is 11.5 Å². The highest BCUT2D eigenvalue weighted by molar-refractivity contribution is 7.99. The van der Waals surface area contributed by atoms with Gasteiger partial charge in [-0.3, -0.25) is 0 Å². The van der Waals surface area contributed by atoms with E-state index < -0.39 is 0 Å². The van der Waals surface area contributed by atoms with Crippen molar-refractivity contribution in [3.8, 4) is 0 Å². The average molecular weight is 292 g/mol. The second kappa shape index (κ2) is 5.23. The van der Waals surface area contributed by atoms with Crippen LogP contribution in [0.15, 0.2) is 27.2 Å². The molecule has 0 bridgehead atoms. The Bertz CT molecular complexity index is 539. The van der Waals surface area contributed by atoms with Gasteiger partial charge in [-0.15, -0.1) is 11.3 Å². The third-order valence-corrected chi connectivity index (χ3v) is 4.27. The lowest BCUT2D eigenvalue weighted by molar-refractivity contribution is 1.02. The van der Waals surface area contributed by atoms with Crippen molar-refractivity contribution in [2.45, 2.75) is 5.16 Å². The molecule has 2 aromatic rings. The van der Waals surface area contributed by atoms with Crippen molar-refractivity contribution < 1.29 is 0 Å². The summed E-state index contributed by atoms with van der Waals surface area (Å²) in [6, 6.07) is 1.91. The maximum absolute atomic E-state index is 5.81. The number of halogens is 2. The molecule has 0 amide bonds. The highest BCUT2D eigenvalue weighted by Crippen LogP contribution is 2.27. The van der Waals surface area contributed by atoms with Crippen LogP contribution in [-0.2, 0) is 0 Å². The first-order valence-electron chi connectivity index (χ1n) is 4.29. The Hall–Kier alpha value is -0.490. The van der Waals surface area contributed by atoms with Crippen molar-refractivity contribution in [1.29, 1.82) is 0 Å². The summed E-state index contributed by atoms with van der Waals surface area (Å²) in [5.74, 6) is 1.04. The van der Waals surface area contributed by atoms with E-state index in [2.05, 4.69) is 9.97 Å². The number of rotatable bonds is 3. The summed E-state index contributed by atoms with van der Waals surface area (Å²) in [5.41, 5.74) is 7.14. The zero-order valence-corrected chi connectivity index (χ0v) is 11.1. The average Bonchev–Trinajstić information content (AvgIpc) is 2.74. The standard InChI is InChI=1S/C9H7Cl2N3S2/c10-3-5(11)4-16-9-13-7(12)6-1-2-15-8(6)14-9/h1-3H,4H2,(H2,12,13,14). The Kier molecular flexibility index (Phi) is 3.91. The molecule has 3 nitrogen and oxygen atoms in total. The van der Waals surface area contributed by atoms with Gasteiger partial charge < -0.3 is 5.73 Å². The number of thiophene rings is 1. The maximum Gasteiger partial charge on any atom is 0.191 e. The zero-order valence-electron chi connectivity index (χ0n) is 7.98. The van der Waals surface area contributed by atoms with Crippen LogP contribution in [-0.4, -0.2) is 15.7 Å². The quantitative estimate of drug-likeness (QED) is 0.692. The normalized spacial score (nSPS) is 12.2. The SMILES string of the molecule is Nc1nc(SCC(Cl)=CCl)nc2sccc12. The molecule has 0 spiro atoms. The molecule has 2 aromatic heterocycles. The third-order valence-electron chi connectivity index (χ3n) is 1.79. The summed E-state index contributed by atoms with van der Waals surface area (Å²) in [6.07, 6.45) is 0. The van der Waals surface area contributed by atoms with Crippen molar-refractivity contribution in [3.05, 3.63) is 22.0 Å². The Morgan fingerprint density at radius 2 is 2.38 bits per heavy atom. The van der Waals surface area contributed by atoms with Gasteiger partial charge in [-0.25, -0.2) is 9.97 Å². The lowest BCUT2D eigenvalue weighted by atomic mass is 10.4. The van der Waals surface area contributed by atoms with Crippen molar-refractivity contribution in [3.63, 3.8) is 0 Å². The first-order valence-corrected chi connectivity index (χ1v) is 6.97. The van der Waals surface area contributed by atoms with E-state index in [9.17, 15) is 0 Å². The van der Waals surface area contributed by atoms with E-state index in [1.165, 1.54) is 28.6 Å². The van der Waals surface area contributed by atoms with Crippen LogP contribution in [0.3, 0.4) is 0 Å². The molecule has 0 aliphatic rings. The highest BCUT2D eigenvalue weighted by Gasteiger charge is 2.07. The number of anilines is 1. The van der Waals surface area contributed by atoms with Crippen LogP contribution in [0.25, 0.3) is 10.2 Å². The molecule has 0 saturated heterocycles. The summed E-state index contributed by atoms with van der Waals surface area (Å²) in [6.45, 7) is 0. The van der Waals surface area contributed by atoms with Crippen LogP contribution in [0, 0.1) is 0 Å². The molecular formula is C9H7Cl2N3S2. The molecule has 0 saturated carbocycles. The number of nitrogen functional groups attached to an aromatic ring is 1. The van der Waals surface area contributed by atoms with E-state index in [1.54, 1.807) is 0 Å². The van der Waals surface area contributed by atoms with Crippen LogP contribution in [0.5, 0.6) is 0 Å². The van der Waals surface area contributed by atoms with Crippen LogP contribution in [0.4, 0.5) is 5.82 Å². The van der Waals surface area contributed by atoms with Gasteiger partial charge in [-0.2, -0.15) is 0 Å². The monoisotopic (exact) mass is 291 g/mol. The molecular weight excluding hydrogens is 285 g/mol. The van der Waals surface area contributed by atoms with E-state index in [0.29, 0.717) is 21.8 Å². The van der Waals surface area contributed by atoms with Crippen LogP contribution in [0.2, 0.25) is 0 Å². The van der Waals surface area contributed by atoms with Crippen molar-refractivity contribution in [2.24, 2.45) is 0 Å². The van der Waals surface area contributed by atoms with Gasteiger partial charge in [0.25, 0.3) is 0 Å². The van der Waals surface area contributed by atoms with E-state index in [0.717, 1.165) is 10.2 Å². The first-order chi connectivity index (χ1) is 7.70. The number of aromatic nitrogens is 2. The molecule has 0 fully saturated rings. The number of hydrogen-bond donors (Lipinski definition) is 1. The predicted octanol–water partition coefficient (Wildman–Crippen LogP) is 3.68. The molecule has 2 rings (SSSR count). The third kappa shape index (κ3) is 2.60. The Labute approximate surface area is 111 Å². The molecule has 2 N–H and O–H groups in total. The van der Waals surface area contributed by atoms with Gasteiger partial charge in [-0.05, 0) is 11.4 Å². The molecule has 84 valence electrons. The van der Waals surface area contributed by atoms with E-state index in [4.69, 9.17) is 28.9 Å². The van der Waals surface area contributed by atoms with Crippen molar-refractivity contribution in [1.82, 2.24) is 9.97 Å². The second-order valence-electron chi connectivity index (χ2n) is 2.88. The first kappa shape index (κ1) is 12.0. The molecule has 0 aliphatic heterocycles. The molecule has 0 atom stereocenters. The minimum Gasteiger partial charge on any atom is -0.383 e. The molecule has 0 aliphatic carbocycles. The predicted molar refractivity (Wildman–Crippen MR) is 72.3 cm³/mol. The minimum atomic E-state index is 0.500. The van der Waals surface area contributed by atoms with Crippen LogP contribution in [0.1, 0.15) is 0 Å². The fourth-order valence-electron chi connectivity index (χ4n) is 1.09. The number of hydrogen-bond acceptors (Lipinski definition) is 5. The molecule has 16 heavy (non-hydrogen) atoms. The topological polar surface area (TPSA) is 51.8 Å². The minimum absolute atomic E-state index is 0.500.